The van der Waals surface area contributed by atoms with Crippen molar-refractivity contribution in [2.75, 3.05) is 5.32 Å². The second-order valence-corrected chi connectivity index (χ2v) is 3.83. The molecule has 0 heterocycles. The number of benzene rings is 1. The molecule has 1 rings (SSSR count). The summed E-state index contributed by atoms with van der Waals surface area (Å²) >= 11 is 0. The van der Waals surface area contributed by atoms with Crippen LogP contribution in [0.25, 0.3) is 0 Å². The summed E-state index contributed by atoms with van der Waals surface area (Å²) in [5, 5.41) is 2.76. The van der Waals surface area contributed by atoms with Crippen LogP contribution in [-0.2, 0) is 9.59 Å². The van der Waals surface area contributed by atoms with Crippen molar-refractivity contribution in [3.8, 4) is 0 Å². The number of primary amides is 1. The van der Waals surface area contributed by atoms with Gasteiger partial charge in [0.25, 0.3) is 0 Å². The van der Waals surface area contributed by atoms with Crippen LogP contribution in [-0.4, -0.2) is 11.8 Å². The molecule has 0 aliphatic carbocycles. The molecule has 3 N–H and O–H groups in total. The van der Waals surface area contributed by atoms with Gasteiger partial charge in [0.05, 0.1) is 0 Å². The largest absolute Gasteiger partial charge is 0.370 e. The van der Waals surface area contributed by atoms with Crippen LogP contribution in [0, 0.1) is 13.8 Å². The fraction of sp³-hybridized carbons (Fsp3) is 0.333. The first-order chi connectivity index (χ1) is 7.49. The van der Waals surface area contributed by atoms with Crippen molar-refractivity contribution in [2.24, 2.45) is 5.73 Å². The van der Waals surface area contributed by atoms with Gasteiger partial charge in [-0.3, -0.25) is 9.59 Å². The van der Waals surface area contributed by atoms with Gasteiger partial charge >= 0.3 is 0 Å². The van der Waals surface area contributed by atoms with Gasteiger partial charge in [0, 0.05) is 18.5 Å². The highest BCUT2D eigenvalue weighted by Crippen LogP contribution is 2.16. The minimum atomic E-state index is -0.462. The Hall–Kier alpha value is -1.84. The van der Waals surface area contributed by atoms with Crippen LogP contribution in [0.15, 0.2) is 18.2 Å². The average Bonchev–Trinajstić information content (AvgIpc) is 2.20. The van der Waals surface area contributed by atoms with Crippen LogP contribution in [0.1, 0.15) is 24.0 Å². The summed E-state index contributed by atoms with van der Waals surface area (Å²) in [4.78, 5) is 22.0. The van der Waals surface area contributed by atoms with Gasteiger partial charge in [0.15, 0.2) is 0 Å². The van der Waals surface area contributed by atoms with E-state index in [0.29, 0.717) is 0 Å². The number of nitrogens with one attached hydrogen (secondary N) is 1. The van der Waals surface area contributed by atoms with Crippen LogP contribution in [0.2, 0.25) is 0 Å². The van der Waals surface area contributed by atoms with E-state index in [1.807, 2.05) is 32.0 Å². The molecule has 0 atom stereocenters. The number of hydrogen-bond acceptors (Lipinski definition) is 2. The Bertz CT molecular complexity index is 413. The van der Waals surface area contributed by atoms with Crippen molar-refractivity contribution in [1.82, 2.24) is 0 Å². The lowest BCUT2D eigenvalue weighted by molar-refractivity contribution is -0.122. The molecule has 86 valence electrons. The minimum absolute atomic E-state index is 0.0801. The first-order valence-electron chi connectivity index (χ1n) is 5.14. The molecule has 0 fully saturated rings. The molecule has 0 aliphatic heterocycles. The number of aryl methyl sites for hydroxylation is 2. The van der Waals surface area contributed by atoms with Gasteiger partial charge in [-0.15, -0.1) is 0 Å². The number of nitrogens with two attached hydrogens (primary N) is 1. The predicted octanol–water partition coefficient (Wildman–Crippen LogP) is 1.51. The maximum absolute atomic E-state index is 11.5. The lowest BCUT2D eigenvalue weighted by Crippen LogP contribution is -2.17. The molecule has 0 saturated carbocycles. The monoisotopic (exact) mass is 220 g/mol. The molecule has 0 aromatic heterocycles. The molecular weight excluding hydrogens is 204 g/mol. The molecule has 1 aromatic rings. The van der Waals surface area contributed by atoms with Gasteiger partial charge < -0.3 is 11.1 Å². The summed E-state index contributed by atoms with van der Waals surface area (Å²) in [6.07, 6.45) is 0.208. The Morgan fingerprint density at radius 2 is 1.94 bits per heavy atom. The lowest BCUT2D eigenvalue weighted by atomic mass is 10.1. The van der Waals surface area contributed by atoms with E-state index in [2.05, 4.69) is 5.32 Å². The van der Waals surface area contributed by atoms with Crippen LogP contribution in [0.4, 0.5) is 5.69 Å². The van der Waals surface area contributed by atoms with Crippen molar-refractivity contribution in [2.45, 2.75) is 26.7 Å². The van der Waals surface area contributed by atoms with E-state index in [1.54, 1.807) is 0 Å². The van der Waals surface area contributed by atoms with E-state index in [9.17, 15) is 9.59 Å². The van der Waals surface area contributed by atoms with E-state index in [4.69, 9.17) is 5.73 Å². The number of anilines is 1. The highest BCUT2D eigenvalue weighted by Gasteiger charge is 2.06. The van der Waals surface area contributed by atoms with Gasteiger partial charge in [-0.2, -0.15) is 0 Å². The Morgan fingerprint density at radius 1 is 1.25 bits per heavy atom. The third-order valence-corrected chi connectivity index (χ3v) is 2.27. The summed E-state index contributed by atoms with van der Waals surface area (Å²) < 4.78 is 0. The van der Waals surface area contributed by atoms with Crippen molar-refractivity contribution in [3.63, 3.8) is 0 Å². The molecule has 0 spiro atoms. The van der Waals surface area contributed by atoms with Gasteiger partial charge in [-0.1, -0.05) is 12.1 Å². The lowest BCUT2D eigenvalue weighted by Gasteiger charge is -2.08. The molecule has 0 radical (unpaired) electrons. The summed E-state index contributed by atoms with van der Waals surface area (Å²) in [7, 11) is 0. The highest BCUT2D eigenvalue weighted by molar-refractivity contribution is 5.93. The zero-order chi connectivity index (χ0) is 12.1. The zero-order valence-electron chi connectivity index (χ0n) is 9.54. The molecule has 0 bridgehead atoms. The Kier molecular flexibility index (Phi) is 4.05. The number of carbonyl (C=O) groups is 2. The summed E-state index contributed by atoms with van der Waals surface area (Å²) in [6, 6.07) is 5.82. The van der Waals surface area contributed by atoms with E-state index in [-0.39, 0.29) is 18.7 Å². The van der Waals surface area contributed by atoms with E-state index in [1.165, 1.54) is 0 Å². The van der Waals surface area contributed by atoms with Gasteiger partial charge in [-0.25, -0.2) is 0 Å². The number of carbonyl (C=O) groups excluding carboxylic acids is 2. The molecule has 1 aromatic carbocycles. The first-order valence-corrected chi connectivity index (χ1v) is 5.14. The summed E-state index contributed by atoms with van der Waals surface area (Å²) in [5.74, 6) is -0.649. The second-order valence-electron chi connectivity index (χ2n) is 3.83. The van der Waals surface area contributed by atoms with Crippen molar-refractivity contribution in [1.29, 1.82) is 0 Å². The summed E-state index contributed by atoms with van der Waals surface area (Å²) in [5.41, 5.74) is 7.83. The van der Waals surface area contributed by atoms with E-state index in [0.717, 1.165) is 16.8 Å². The molecule has 0 unspecified atom stereocenters. The third-order valence-electron chi connectivity index (χ3n) is 2.27. The number of rotatable bonds is 4. The normalized spacial score (nSPS) is 9.88. The van der Waals surface area contributed by atoms with E-state index >= 15 is 0 Å². The molecule has 0 saturated heterocycles. The Balaban J connectivity index is 2.62. The van der Waals surface area contributed by atoms with Crippen molar-refractivity contribution in [3.05, 3.63) is 29.3 Å². The number of hydrogen-bond donors (Lipinski definition) is 2. The molecule has 4 heteroatoms. The fourth-order valence-electron chi connectivity index (χ4n) is 1.32. The van der Waals surface area contributed by atoms with Crippen LogP contribution in [0.5, 0.6) is 0 Å². The predicted molar refractivity (Wildman–Crippen MR) is 63.0 cm³/mol. The maximum atomic E-state index is 11.5. The van der Waals surface area contributed by atoms with Crippen molar-refractivity contribution < 1.29 is 9.59 Å². The molecule has 4 nitrogen and oxygen atoms in total. The second kappa shape index (κ2) is 5.30. The van der Waals surface area contributed by atoms with Crippen LogP contribution >= 0.6 is 0 Å². The molecular formula is C12H16N2O2. The van der Waals surface area contributed by atoms with Crippen LogP contribution in [0.3, 0.4) is 0 Å². The quantitative estimate of drug-likeness (QED) is 0.807. The summed E-state index contributed by atoms with van der Waals surface area (Å²) in [6.45, 7) is 3.88. The molecule has 0 aliphatic rings. The Labute approximate surface area is 94.8 Å². The smallest absolute Gasteiger partial charge is 0.224 e. The zero-order valence-corrected chi connectivity index (χ0v) is 9.54. The standard InChI is InChI=1S/C12H16N2O2/c1-8-3-4-9(2)10(7-8)14-12(16)6-5-11(13)15/h3-4,7H,5-6H2,1-2H3,(H2,13,15)(H,14,16). The van der Waals surface area contributed by atoms with Gasteiger partial charge in [0.1, 0.15) is 0 Å². The van der Waals surface area contributed by atoms with Crippen molar-refractivity contribution >= 4 is 17.5 Å². The fourth-order valence-corrected chi connectivity index (χ4v) is 1.32. The average molecular weight is 220 g/mol. The SMILES string of the molecule is Cc1ccc(C)c(NC(=O)CCC(N)=O)c1. The topological polar surface area (TPSA) is 72.2 Å². The number of amides is 2. The first kappa shape index (κ1) is 12.2. The highest BCUT2D eigenvalue weighted by atomic mass is 16.2. The molecule has 16 heavy (non-hydrogen) atoms. The van der Waals surface area contributed by atoms with E-state index < -0.39 is 5.91 Å². The maximum Gasteiger partial charge on any atom is 0.224 e. The van der Waals surface area contributed by atoms with Gasteiger partial charge in [-0.05, 0) is 31.0 Å². The third kappa shape index (κ3) is 3.73. The molecule has 2 amide bonds. The minimum Gasteiger partial charge on any atom is -0.370 e. The van der Waals surface area contributed by atoms with Gasteiger partial charge in [0.2, 0.25) is 11.8 Å². The Morgan fingerprint density at radius 3 is 2.56 bits per heavy atom. The van der Waals surface area contributed by atoms with Crippen LogP contribution < -0.4 is 11.1 Å².